The fourth-order valence-electron chi connectivity index (χ4n) is 2.39. The number of hydrogen-bond donors (Lipinski definition) is 2. The summed E-state index contributed by atoms with van der Waals surface area (Å²) >= 11 is 0. The second-order valence-corrected chi connectivity index (χ2v) is 5.65. The van der Waals surface area contributed by atoms with E-state index in [1.807, 2.05) is 54.6 Å². The molecule has 0 spiro atoms. The Morgan fingerprint density at radius 3 is 2.12 bits per heavy atom. The van der Waals surface area contributed by atoms with Gasteiger partial charge in [0.25, 0.3) is 5.91 Å². The number of hydrogen-bond acceptors (Lipinski definition) is 3. The van der Waals surface area contributed by atoms with Gasteiger partial charge in [-0.05, 0) is 60.7 Å². The number of nitrogens with one attached hydrogen (secondary N) is 2. The zero-order valence-electron chi connectivity index (χ0n) is 14.3. The van der Waals surface area contributed by atoms with Gasteiger partial charge in [-0.25, -0.2) is 0 Å². The maximum atomic E-state index is 12.3. The van der Waals surface area contributed by atoms with Gasteiger partial charge in [0.15, 0.2) is 0 Å². The molecule has 0 saturated carbocycles. The Balaban J connectivity index is 1.59. The molecule has 0 atom stereocenters. The molecule has 130 valence electrons. The number of carbonyl (C=O) groups excluding carboxylic acids is 1. The molecule has 26 heavy (non-hydrogen) atoms. The van der Waals surface area contributed by atoms with Crippen LogP contribution in [-0.2, 0) is 0 Å². The van der Waals surface area contributed by atoms with Gasteiger partial charge in [-0.1, -0.05) is 30.9 Å². The smallest absolute Gasteiger partial charge is 0.255 e. The topological polar surface area (TPSA) is 50.4 Å². The molecular formula is C22H20N2O2. The van der Waals surface area contributed by atoms with Gasteiger partial charge >= 0.3 is 0 Å². The van der Waals surface area contributed by atoms with Crippen molar-refractivity contribution >= 4 is 23.0 Å². The average molecular weight is 344 g/mol. The molecule has 0 unspecified atom stereocenters. The first kappa shape index (κ1) is 17.3. The molecule has 3 aromatic rings. The van der Waals surface area contributed by atoms with Gasteiger partial charge in [-0.3, -0.25) is 4.79 Å². The molecule has 0 saturated heterocycles. The standard InChI is InChI=1S/C22H20N2O2/c1-2-16-26-21-14-8-17(9-15-21)22(25)24-20-12-10-19(11-13-20)23-18-6-4-3-5-7-18/h2-15,23H,1,16H2,(H,24,25). The van der Waals surface area contributed by atoms with Crippen LogP contribution in [0.5, 0.6) is 5.75 Å². The molecule has 0 aromatic heterocycles. The summed E-state index contributed by atoms with van der Waals surface area (Å²) in [7, 11) is 0. The highest BCUT2D eigenvalue weighted by Gasteiger charge is 2.06. The third kappa shape index (κ3) is 4.74. The number of anilines is 3. The summed E-state index contributed by atoms with van der Waals surface area (Å²) in [5.74, 6) is 0.543. The van der Waals surface area contributed by atoms with Crippen molar-refractivity contribution in [2.75, 3.05) is 17.2 Å². The SMILES string of the molecule is C=CCOc1ccc(C(=O)Nc2ccc(Nc3ccccc3)cc2)cc1. The van der Waals surface area contributed by atoms with Crippen LogP contribution >= 0.6 is 0 Å². The minimum absolute atomic E-state index is 0.163. The maximum Gasteiger partial charge on any atom is 0.255 e. The van der Waals surface area contributed by atoms with Gasteiger partial charge in [-0.15, -0.1) is 0 Å². The van der Waals surface area contributed by atoms with Crippen molar-refractivity contribution in [3.8, 4) is 5.75 Å². The van der Waals surface area contributed by atoms with E-state index in [-0.39, 0.29) is 5.91 Å². The molecule has 0 aliphatic rings. The zero-order chi connectivity index (χ0) is 18.2. The molecule has 4 nitrogen and oxygen atoms in total. The van der Waals surface area contributed by atoms with Crippen molar-refractivity contribution in [1.29, 1.82) is 0 Å². The van der Waals surface area contributed by atoms with Crippen molar-refractivity contribution in [1.82, 2.24) is 0 Å². The minimum Gasteiger partial charge on any atom is -0.490 e. The zero-order valence-corrected chi connectivity index (χ0v) is 14.3. The predicted octanol–water partition coefficient (Wildman–Crippen LogP) is 5.25. The number of carbonyl (C=O) groups is 1. The van der Waals surface area contributed by atoms with Gasteiger partial charge < -0.3 is 15.4 Å². The van der Waals surface area contributed by atoms with Crippen LogP contribution in [0.25, 0.3) is 0 Å². The van der Waals surface area contributed by atoms with Gasteiger partial charge in [0.2, 0.25) is 0 Å². The first-order valence-corrected chi connectivity index (χ1v) is 8.32. The largest absolute Gasteiger partial charge is 0.490 e. The number of rotatable bonds is 7. The number of amides is 1. The third-order valence-electron chi connectivity index (χ3n) is 3.69. The highest BCUT2D eigenvalue weighted by molar-refractivity contribution is 6.04. The first-order chi connectivity index (χ1) is 12.7. The van der Waals surface area contributed by atoms with Crippen LogP contribution in [0.15, 0.2) is 91.5 Å². The number of para-hydroxylation sites is 1. The van der Waals surface area contributed by atoms with E-state index >= 15 is 0 Å². The van der Waals surface area contributed by atoms with E-state index in [0.29, 0.717) is 17.9 Å². The lowest BCUT2D eigenvalue weighted by atomic mass is 10.2. The van der Waals surface area contributed by atoms with Crippen LogP contribution in [0.3, 0.4) is 0 Å². The lowest BCUT2D eigenvalue weighted by molar-refractivity contribution is 0.102. The fraction of sp³-hybridized carbons (Fsp3) is 0.0455. The van der Waals surface area contributed by atoms with Crippen molar-refractivity contribution in [2.24, 2.45) is 0 Å². The fourth-order valence-corrected chi connectivity index (χ4v) is 2.39. The van der Waals surface area contributed by atoms with Crippen molar-refractivity contribution in [3.63, 3.8) is 0 Å². The van der Waals surface area contributed by atoms with Gasteiger partial charge in [0.05, 0.1) is 0 Å². The van der Waals surface area contributed by atoms with Crippen LogP contribution in [0.1, 0.15) is 10.4 Å². The molecule has 0 aliphatic heterocycles. The molecule has 4 heteroatoms. The number of ether oxygens (including phenoxy) is 1. The molecule has 0 heterocycles. The Labute approximate surface area is 153 Å². The Morgan fingerprint density at radius 1 is 0.846 bits per heavy atom. The summed E-state index contributed by atoms with van der Waals surface area (Å²) in [5.41, 5.74) is 3.28. The van der Waals surface area contributed by atoms with Crippen molar-refractivity contribution < 1.29 is 9.53 Å². The number of benzene rings is 3. The highest BCUT2D eigenvalue weighted by Crippen LogP contribution is 2.19. The Morgan fingerprint density at radius 2 is 1.46 bits per heavy atom. The van der Waals surface area contributed by atoms with E-state index in [1.54, 1.807) is 30.3 Å². The molecule has 0 aliphatic carbocycles. The second kappa shape index (κ2) is 8.53. The summed E-state index contributed by atoms with van der Waals surface area (Å²) in [4.78, 5) is 12.3. The summed E-state index contributed by atoms with van der Waals surface area (Å²) in [6.45, 7) is 4.04. The van der Waals surface area contributed by atoms with E-state index in [4.69, 9.17) is 4.74 Å². The molecule has 0 bridgehead atoms. The van der Waals surface area contributed by atoms with E-state index in [0.717, 1.165) is 17.1 Å². The molecule has 0 fully saturated rings. The Hall–Kier alpha value is -3.53. The summed E-state index contributed by atoms with van der Waals surface area (Å²) in [5, 5.41) is 6.19. The normalized spacial score (nSPS) is 10.0. The summed E-state index contributed by atoms with van der Waals surface area (Å²) in [6.07, 6.45) is 1.68. The van der Waals surface area contributed by atoms with Crippen LogP contribution in [0, 0.1) is 0 Å². The molecular weight excluding hydrogens is 324 g/mol. The molecule has 3 rings (SSSR count). The van der Waals surface area contributed by atoms with Crippen LogP contribution in [0.4, 0.5) is 17.1 Å². The Bertz CT molecular complexity index is 857. The Kier molecular flexibility index (Phi) is 5.68. The second-order valence-electron chi connectivity index (χ2n) is 5.65. The first-order valence-electron chi connectivity index (χ1n) is 8.32. The molecule has 3 aromatic carbocycles. The third-order valence-corrected chi connectivity index (χ3v) is 3.69. The van der Waals surface area contributed by atoms with Crippen LogP contribution in [0.2, 0.25) is 0 Å². The van der Waals surface area contributed by atoms with E-state index < -0.39 is 0 Å². The van der Waals surface area contributed by atoms with Crippen LogP contribution in [-0.4, -0.2) is 12.5 Å². The lowest BCUT2D eigenvalue weighted by Crippen LogP contribution is -2.11. The quantitative estimate of drug-likeness (QED) is 0.576. The predicted molar refractivity (Wildman–Crippen MR) is 106 cm³/mol. The van der Waals surface area contributed by atoms with Crippen molar-refractivity contribution in [2.45, 2.75) is 0 Å². The minimum atomic E-state index is -0.163. The highest BCUT2D eigenvalue weighted by atomic mass is 16.5. The van der Waals surface area contributed by atoms with Crippen molar-refractivity contribution in [3.05, 3.63) is 97.1 Å². The van der Waals surface area contributed by atoms with Gasteiger partial charge in [-0.2, -0.15) is 0 Å². The molecule has 1 amide bonds. The summed E-state index contributed by atoms with van der Waals surface area (Å²) in [6, 6.07) is 24.5. The van der Waals surface area contributed by atoms with Gasteiger partial charge in [0.1, 0.15) is 12.4 Å². The van der Waals surface area contributed by atoms with E-state index in [1.165, 1.54) is 0 Å². The molecule has 0 radical (unpaired) electrons. The van der Waals surface area contributed by atoms with Crippen LogP contribution < -0.4 is 15.4 Å². The van der Waals surface area contributed by atoms with E-state index in [9.17, 15) is 4.79 Å². The average Bonchev–Trinajstić information content (AvgIpc) is 2.69. The monoisotopic (exact) mass is 344 g/mol. The maximum absolute atomic E-state index is 12.3. The molecule has 2 N–H and O–H groups in total. The van der Waals surface area contributed by atoms with E-state index in [2.05, 4.69) is 17.2 Å². The summed E-state index contributed by atoms with van der Waals surface area (Å²) < 4.78 is 5.41. The lowest BCUT2D eigenvalue weighted by Gasteiger charge is -2.09. The van der Waals surface area contributed by atoms with Gasteiger partial charge in [0, 0.05) is 22.6 Å².